The molecule has 1 N–H and O–H groups in total. The highest BCUT2D eigenvalue weighted by Gasteiger charge is 2.08. The molecule has 0 fully saturated rings. The number of hydrogen-bond acceptors (Lipinski definition) is 4. The van der Waals surface area contributed by atoms with E-state index >= 15 is 0 Å². The van der Waals surface area contributed by atoms with Crippen molar-refractivity contribution in [2.75, 3.05) is 17.5 Å². The molecule has 0 unspecified atom stereocenters. The van der Waals surface area contributed by atoms with Gasteiger partial charge in [0, 0.05) is 18.8 Å². The van der Waals surface area contributed by atoms with Gasteiger partial charge in [0.05, 0.1) is 11.4 Å². The maximum atomic E-state index is 11.5. The fraction of sp³-hybridized carbons (Fsp3) is 0.300. The van der Waals surface area contributed by atoms with Crippen molar-refractivity contribution < 1.29 is 8.42 Å². The van der Waals surface area contributed by atoms with Crippen LogP contribution in [0.25, 0.3) is 5.57 Å². The molecule has 6 heteroatoms. The molecule has 1 aromatic rings. The Labute approximate surface area is 158 Å². The van der Waals surface area contributed by atoms with E-state index in [4.69, 9.17) is 0 Å². The predicted octanol–water partition coefficient (Wildman–Crippen LogP) is 4.64. The largest absolute Gasteiger partial charge is 0.296 e. The number of allylic oxidation sites excluding steroid dienone is 7. The minimum Gasteiger partial charge on any atom is -0.296 e. The molecular weight excluding hydrogens is 346 g/mol. The van der Waals surface area contributed by atoms with Crippen LogP contribution in [-0.2, 0) is 10.0 Å². The Hall–Kier alpha value is -2.47. The van der Waals surface area contributed by atoms with Crippen molar-refractivity contribution >= 4 is 27.6 Å². The second-order valence-electron chi connectivity index (χ2n) is 5.17. The number of aliphatic imine (C=N–C) groups is 1. The Kier molecular flexibility index (Phi) is 11.6. The zero-order valence-electron chi connectivity index (χ0n) is 16.2. The molecule has 26 heavy (non-hydrogen) atoms. The molecule has 0 amide bonds. The summed E-state index contributed by atoms with van der Waals surface area (Å²) in [5.74, 6) is 0.337. The maximum absolute atomic E-state index is 11.5. The summed E-state index contributed by atoms with van der Waals surface area (Å²) >= 11 is 0. The minimum absolute atomic E-state index is 0.0196. The molecule has 142 valence electrons. The SMILES string of the molecule is C/C=C(\C=NC)c1cccc(NS(=O)(=O)CC)n1.C=C/C=C\C(C)=C/C. The first-order valence-electron chi connectivity index (χ1n) is 8.31. The second kappa shape index (κ2) is 12.8. The van der Waals surface area contributed by atoms with Crippen molar-refractivity contribution in [2.24, 2.45) is 4.99 Å². The molecule has 1 aromatic heterocycles. The van der Waals surface area contributed by atoms with Gasteiger partial charge in [-0.25, -0.2) is 13.4 Å². The van der Waals surface area contributed by atoms with Crippen molar-refractivity contribution in [1.82, 2.24) is 4.98 Å². The lowest BCUT2D eigenvalue weighted by atomic mass is 10.2. The number of nitrogens with one attached hydrogen (secondary N) is 1. The molecule has 5 nitrogen and oxygen atoms in total. The van der Waals surface area contributed by atoms with Crippen LogP contribution in [0.5, 0.6) is 0 Å². The Morgan fingerprint density at radius 3 is 2.50 bits per heavy atom. The van der Waals surface area contributed by atoms with Crippen molar-refractivity contribution in [3.8, 4) is 0 Å². The molecule has 1 rings (SSSR count). The molecule has 0 saturated carbocycles. The number of aromatic nitrogens is 1. The van der Waals surface area contributed by atoms with Gasteiger partial charge < -0.3 is 0 Å². The summed E-state index contributed by atoms with van der Waals surface area (Å²) in [6.07, 6.45) is 11.3. The van der Waals surface area contributed by atoms with E-state index in [1.54, 1.807) is 44.5 Å². The van der Waals surface area contributed by atoms with Gasteiger partial charge in [-0.2, -0.15) is 0 Å². The Morgan fingerprint density at radius 2 is 2.00 bits per heavy atom. The molecule has 0 aliphatic rings. The average molecular weight is 376 g/mol. The van der Waals surface area contributed by atoms with Gasteiger partial charge in [-0.3, -0.25) is 9.71 Å². The van der Waals surface area contributed by atoms with Gasteiger partial charge in [0.1, 0.15) is 5.82 Å². The van der Waals surface area contributed by atoms with E-state index in [9.17, 15) is 8.42 Å². The van der Waals surface area contributed by atoms with Crippen LogP contribution in [0.1, 0.15) is 33.4 Å². The minimum atomic E-state index is -3.30. The lowest BCUT2D eigenvalue weighted by molar-refractivity contribution is 0.602. The van der Waals surface area contributed by atoms with Crippen LogP contribution >= 0.6 is 0 Å². The highest BCUT2D eigenvalue weighted by molar-refractivity contribution is 7.92. The summed E-state index contributed by atoms with van der Waals surface area (Å²) in [4.78, 5) is 8.18. The first-order valence-corrected chi connectivity index (χ1v) is 9.97. The molecule has 0 spiro atoms. The van der Waals surface area contributed by atoms with E-state index < -0.39 is 10.0 Å². The van der Waals surface area contributed by atoms with E-state index in [0.717, 1.165) is 5.57 Å². The lowest BCUT2D eigenvalue weighted by Crippen LogP contribution is -2.15. The molecule has 0 radical (unpaired) electrons. The highest BCUT2D eigenvalue weighted by Crippen LogP contribution is 2.13. The van der Waals surface area contributed by atoms with Gasteiger partial charge in [-0.15, -0.1) is 0 Å². The second-order valence-corrected chi connectivity index (χ2v) is 7.18. The first kappa shape index (κ1) is 23.5. The van der Waals surface area contributed by atoms with Crippen LogP contribution in [0.15, 0.2) is 65.7 Å². The number of sulfonamides is 1. The molecule has 0 saturated heterocycles. The summed E-state index contributed by atoms with van der Waals surface area (Å²) in [7, 11) is -1.63. The molecule has 0 bridgehead atoms. The number of pyridine rings is 1. The van der Waals surface area contributed by atoms with Gasteiger partial charge in [0.25, 0.3) is 0 Å². The van der Waals surface area contributed by atoms with Crippen LogP contribution < -0.4 is 4.72 Å². The standard InChI is InChI=1S/C12H17N3O2S.C8H12/c1-4-10(9-13-3)11-7-6-8-12(14-11)15-18(16,17)5-2;1-4-6-7-8(3)5-2/h4,6-9H,5H2,1-3H3,(H,14,15);4-7H,1H2,2-3H3/b10-4+,13-9?;7-6-,8-5-. The number of anilines is 1. The molecule has 0 aliphatic carbocycles. The van der Waals surface area contributed by atoms with Crippen molar-refractivity contribution in [3.63, 3.8) is 0 Å². The number of rotatable bonds is 7. The Balaban J connectivity index is 0.000000660. The topological polar surface area (TPSA) is 71.4 Å². The van der Waals surface area contributed by atoms with Crippen molar-refractivity contribution in [1.29, 1.82) is 0 Å². The van der Waals surface area contributed by atoms with E-state index in [1.807, 2.05) is 32.1 Å². The summed E-state index contributed by atoms with van der Waals surface area (Å²) in [5.41, 5.74) is 2.79. The molecular formula is C20H29N3O2S. The average Bonchev–Trinajstić information content (AvgIpc) is 2.64. The van der Waals surface area contributed by atoms with Crippen LogP contribution in [0.4, 0.5) is 5.82 Å². The maximum Gasteiger partial charge on any atom is 0.233 e. The zero-order chi connectivity index (χ0) is 20.0. The third kappa shape index (κ3) is 9.74. The van der Waals surface area contributed by atoms with Crippen LogP contribution in [-0.4, -0.2) is 32.4 Å². The van der Waals surface area contributed by atoms with Crippen molar-refractivity contribution in [3.05, 3.63) is 66.4 Å². The number of nitrogens with zero attached hydrogens (tertiary/aromatic N) is 2. The molecule has 0 atom stereocenters. The normalized spacial score (nSPS) is 12.8. The van der Waals surface area contributed by atoms with Gasteiger partial charge >= 0.3 is 0 Å². The summed E-state index contributed by atoms with van der Waals surface area (Å²) in [5, 5.41) is 0. The molecule has 1 heterocycles. The van der Waals surface area contributed by atoms with E-state index in [-0.39, 0.29) is 5.75 Å². The summed E-state index contributed by atoms with van der Waals surface area (Å²) in [6.45, 7) is 11.1. The zero-order valence-corrected chi connectivity index (χ0v) is 17.0. The van der Waals surface area contributed by atoms with E-state index in [2.05, 4.69) is 34.3 Å². The fourth-order valence-electron chi connectivity index (χ4n) is 1.63. The quantitative estimate of drug-likeness (QED) is 0.557. The summed E-state index contributed by atoms with van der Waals surface area (Å²) < 4.78 is 25.3. The lowest BCUT2D eigenvalue weighted by Gasteiger charge is -2.07. The summed E-state index contributed by atoms with van der Waals surface area (Å²) in [6, 6.07) is 5.18. The van der Waals surface area contributed by atoms with E-state index in [0.29, 0.717) is 11.5 Å². The highest BCUT2D eigenvalue weighted by atomic mass is 32.2. The van der Waals surface area contributed by atoms with Crippen molar-refractivity contribution in [2.45, 2.75) is 27.7 Å². The third-order valence-corrected chi connectivity index (χ3v) is 4.49. The fourth-order valence-corrected chi connectivity index (χ4v) is 2.20. The number of hydrogen-bond donors (Lipinski definition) is 1. The molecule has 0 aliphatic heterocycles. The third-order valence-electron chi connectivity index (χ3n) is 3.21. The van der Waals surface area contributed by atoms with E-state index in [1.165, 1.54) is 5.57 Å². The Morgan fingerprint density at radius 1 is 1.31 bits per heavy atom. The molecule has 0 aromatic carbocycles. The van der Waals surface area contributed by atoms with Crippen LogP contribution in [0.3, 0.4) is 0 Å². The van der Waals surface area contributed by atoms with Gasteiger partial charge in [-0.05, 0) is 39.8 Å². The van der Waals surface area contributed by atoms with Gasteiger partial charge in [0.15, 0.2) is 0 Å². The van der Waals surface area contributed by atoms with Crippen LogP contribution in [0, 0.1) is 0 Å². The predicted molar refractivity (Wildman–Crippen MR) is 114 cm³/mol. The Bertz CT molecular complexity index is 789. The van der Waals surface area contributed by atoms with Gasteiger partial charge in [0.2, 0.25) is 10.0 Å². The van der Waals surface area contributed by atoms with Crippen LogP contribution in [0.2, 0.25) is 0 Å². The first-order chi connectivity index (χ1) is 12.3. The monoisotopic (exact) mass is 375 g/mol. The smallest absolute Gasteiger partial charge is 0.233 e. The van der Waals surface area contributed by atoms with Gasteiger partial charge in [-0.1, -0.05) is 48.6 Å².